The standard InChI is InChI=1S/C12H20N4O/c1-3-5-9-10(13)11(15-14-9)12(17)16(2)8-6-4-7-8/h8H,3-7,13H2,1-2H3,(H,14,15). The second-order valence-electron chi connectivity index (χ2n) is 4.72. The molecule has 17 heavy (non-hydrogen) atoms. The molecule has 0 unspecified atom stereocenters. The number of nitrogens with zero attached hydrogens (tertiary/aromatic N) is 2. The lowest BCUT2D eigenvalue weighted by molar-refractivity contribution is 0.0647. The Balaban J connectivity index is 2.13. The molecular formula is C12H20N4O. The van der Waals surface area contributed by atoms with Crippen LogP contribution in [0.2, 0.25) is 0 Å². The van der Waals surface area contributed by atoms with Crippen LogP contribution in [0.5, 0.6) is 0 Å². The van der Waals surface area contributed by atoms with Crippen LogP contribution in [-0.4, -0.2) is 34.1 Å². The van der Waals surface area contributed by atoms with E-state index in [0.29, 0.717) is 17.4 Å². The van der Waals surface area contributed by atoms with Crippen LogP contribution in [0, 0.1) is 0 Å². The van der Waals surface area contributed by atoms with Crippen LogP contribution in [0.15, 0.2) is 0 Å². The highest BCUT2D eigenvalue weighted by atomic mass is 16.2. The van der Waals surface area contributed by atoms with Gasteiger partial charge < -0.3 is 10.6 Å². The van der Waals surface area contributed by atoms with Crippen LogP contribution in [0.3, 0.4) is 0 Å². The van der Waals surface area contributed by atoms with Crippen molar-refractivity contribution in [3.05, 3.63) is 11.4 Å². The summed E-state index contributed by atoms with van der Waals surface area (Å²) in [6.45, 7) is 2.07. The summed E-state index contributed by atoms with van der Waals surface area (Å²) >= 11 is 0. The first-order valence-electron chi connectivity index (χ1n) is 6.25. The van der Waals surface area contributed by atoms with Gasteiger partial charge in [-0.1, -0.05) is 13.3 Å². The smallest absolute Gasteiger partial charge is 0.276 e. The zero-order valence-electron chi connectivity index (χ0n) is 10.5. The van der Waals surface area contributed by atoms with Crippen molar-refractivity contribution in [3.8, 4) is 0 Å². The number of rotatable bonds is 4. The van der Waals surface area contributed by atoms with Gasteiger partial charge in [0.25, 0.3) is 5.91 Å². The lowest BCUT2D eigenvalue weighted by Crippen LogP contribution is -2.41. The number of aryl methyl sites for hydroxylation is 1. The minimum Gasteiger partial charge on any atom is -0.395 e. The van der Waals surface area contributed by atoms with Crippen LogP contribution in [0.25, 0.3) is 0 Å². The molecule has 2 rings (SSSR count). The molecule has 0 saturated heterocycles. The van der Waals surface area contributed by atoms with E-state index in [1.54, 1.807) is 4.90 Å². The Labute approximate surface area is 101 Å². The minimum atomic E-state index is -0.0641. The molecule has 3 N–H and O–H groups in total. The maximum Gasteiger partial charge on any atom is 0.276 e. The summed E-state index contributed by atoms with van der Waals surface area (Å²) in [4.78, 5) is 14.0. The van der Waals surface area contributed by atoms with Gasteiger partial charge in [-0.05, 0) is 25.7 Å². The summed E-state index contributed by atoms with van der Waals surface area (Å²) in [5.74, 6) is -0.0641. The maximum absolute atomic E-state index is 12.2. The van der Waals surface area contributed by atoms with Gasteiger partial charge in [0.15, 0.2) is 5.69 Å². The third kappa shape index (κ3) is 2.14. The molecule has 1 saturated carbocycles. The first-order chi connectivity index (χ1) is 8.15. The summed E-state index contributed by atoms with van der Waals surface area (Å²) in [6, 6.07) is 0.369. The number of H-pyrrole nitrogens is 1. The summed E-state index contributed by atoms with van der Waals surface area (Å²) in [5, 5.41) is 6.92. The van der Waals surface area contributed by atoms with E-state index in [9.17, 15) is 4.79 Å². The van der Waals surface area contributed by atoms with Crippen molar-refractivity contribution in [3.63, 3.8) is 0 Å². The zero-order chi connectivity index (χ0) is 12.4. The number of nitrogens with two attached hydrogens (primary N) is 1. The molecule has 0 spiro atoms. The average molecular weight is 236 g/mol. The number of nitrogens with one attached hydrogen (secondary N) is 1. The predicted octanol–water partition coefficient (Wildman–Crippen LogP) is 1.57. The Bertz CT molecular complexity index is 409. The molecular weight excluding hydrogens is 216 g/mol. The van der Waals surface area contributed by atoms with Crippen LogP contribution < -0.4 is 5.73 Å². The van der Waals surface area contributed by atoms with Crippen molar-refractivity contribution in [1.82, 2.24) is 15.1 Å². The van der Waals surface area contributed by atoms with Crippen LogP contribution >= 0.6 is 0 Å². The van der Waals surface area contributed by atoms with Crippen molar-refractivity contribution in [2.45, 2.75) is 45.1 Å². The number of nitrogen functional groups attached to an aromatic ring is 1. The van der Waals surface area contributed by atoms with Gasteiger partial charge in [-0.3, -0.25) is 9.89 Å². The first-order valence-corrected chi connectivity index (χ1v) is 6.25. The summed E-state index contributed by atoms with van der Waals surface area (Å²) in [7, 11) is 1.83. The predicted molar refractivity (Wildman–Crippen MR) is 66.7 cm³/mol. The summed E-state index contributed by atoms with van der Waals surface area (Å²) in [5.41, 5.74) is 7.71. The number of hydrogen-bond acceptors (Lipinski definition) is 3. The highest BCUT2D eigenvalue weighted by molar-refractivity contribution is 5.97. The number of amides is 1. The average Bonchev–Trinajstić information content (AvgIpc) is 2.58. The molecule has 0 aliphatic heterocycles. The second-order valence-corrected chi connectivity index (χ2v) is 4.72. The van der Waals surface area contributed by atoms with Gasteiger partial charge in [0.1, 0.15) is 0 Å². The second kappa shape index (κ2) is 4.77. The van der Waals surface area contributed by atoms with Gasteiger partial charge in [-0.15, -0.1) is 0 Å². The SMILES string of the molecule is CCCc1[nH]nc(C(=O)N(C)C2CCC2)c1N. The first kappa shape index (κ1) is 12.0. The Hall–Kier alpha value is -1.52. The van der Waals surface area contributed by atoms with E-state index in [2.05, 4.69) is 17.1 Å². The topological polar surface area (TPSA) is 75.0 Å². The molecule has 0 atom stereocenters. The molecule has 5 nitrogen and oxygen atoms in total. The van der Waals surface area contributed by atoms with Crippen LogP contribution in [-0.2, 0) is 6.42 Å². The van der Waals surface area contributed by atoms with Gasteiger partial charge in [0.05, 0.1) is 11.4 Å². The highest BCUT2D eigenvalue weighted by Gasteiger charge is 2.29. The normalized spacial score (nSPS) is 15.6. The van der Waals surface area contributed by atoms with Crippen molar-refractivity contribution in [2.75, 3.05) is 12.8 Å². The van der Waals surface area contributed by atoms with E-state index in [1.807, 2.05) is 7.05 Å². The fourth-order valence-electron chi connectivity index (χ4n) is 2.10. The molecule has 0 radical (unpaired) electrons. The van der Waals surface area contributed by atoms with Crippen molar-refractivity contribution >= 4 is 11.6 Å². The van der Waals surface area contributed by atoms with Crippen LogP contribution in [0.4, 0.5) is 5.69 Å². The molecule has 1 aromatic heterocycles. The van der Waals surface area contributed by atoms with E-state index >= 15 is 0 Å². The fourth-order valence-corrected chi connectivity index (χ4v) is 2.10. The van der Waals surface area contributed by atoms with E-state index < -0.39 is 0 Å². The highest BCUT2D eigenvalue weighted by Crippen LogP contribution is 2.26. The maximum atomic E-state index is 12.2. The molecule has 94 valence electrons. The molecule has 1 aliphatic rings. The number of hydrogen-bond donors (Lipinski definition) is 2. The van der Waals surface area contributed by atoms with E-state index in [0.717, 1.165) is 31.4 Å². The van der Waals surface area contributed by atoms with Crippen LogP contribution in [0.1, 0.15) is 48.8 Å². The van der Waals surface area contributed by atoms with Gasteiger partial charge in [-0.25, -0.2) is 0 Å². The lowest BCUT2D eigenvalue weighted by atomic mass is 9.91. The van der Waals surface area contributed by atoms with Crippen molar-refractivity contribution in [1.29, 1.82) is 0 Å². The third-order valence-electron chi connectivity index (χ3n) is 3.53. The van der Waals surface area contributed by atoms with Gasteiger partial charge in [-0.2, -0.15) is 5.10 Å². The monoisotopic (exact) mass is 236 g/mol. The van der Waals surface area contributed by atoms with E-state index in [-0.39, 0.29) is 5.91 Å². The molecule has 1 amide bonds. The Morgan fingerprint density at radius 3 is 2.82 bits per heavy atom. The van der Waals surface area contributed by atoms with E-state index in [1.165, 1.54) is 6.42 Å². The molecule has 0 aromatic carbocycles. The number of carbonyl (C=O) groups is 1. The molecule has 0 bridgehead atoms. The molecule has 1 heterocycles. The molecule has 1 aliphatic carbocycles. The Kier molecular flexibility index (Phi) is 3.36. The van der Waals surface area contributed by atoms with Gasteiger partial charge >= 0.3 is 0 Å². The van der Waals surface area contributed by atoms with Crippen molar-refractivity contribution in [2.24, 2.45) is 0 Å². The fraction of sp³-hybridized carbons (Fsp3) is 0.667. The van der Waals surface area contributed by atoms with E-state index in [4.69, 9.17) is 5.73 Å². The Morgan fingerprint density at radius 1 is 1.59 bits per heavy atom. The molecule has 1 fully saturated rings. The lowest BCUT2D eigenvalue weighted by Gasteiger charge is -2.34. The third-order valence-corrected chi connectivity index (χ3v) is 3.53. The molecule has 1 aromatic rings. The number of carbonyl (C=O) groups excluding carboxylic acids is 1. The number of anilines is 1. The van der Waals surface area contributed by atoms with Crippen molar-refractivity contribution < 1.29 is 4.79 Å². The number of aromatic nitrogens is 2. The van der Waals surface area contributed by atoms with Gasteiger partial charge in [0.2, 0.25) is 0 Å². The van der Waals surface area contributed by atoms with Gasteiger partial charge in [0, 0.05) is 13.1 Å². The number of aromatic amines is 1. The summed E-state index contributed by atoms with van der Waals surface area (Å²) < 4.78 is 0. The quantitative estimate of drug-likeness (QED) is 0.833. The minimum absolute atomic E-state index is 0.0641. The molecule has 5 heteroatoms. The Morgan fingerprint density at radius 2 is 2.29 bits per heavy atom. The zero-order valence-corrected chi connectivity index (χ0v) is 10.5. The summed E-state index contributed by atoms with van der Waals surface area (Å²) in [6.07, 6.45) is 5.21. The largest absolute Gasteiger partial charge is 0.395 e.